The zero-order valence-electron chi connectivity index (χ0n) is 16.9. The van der Waals surface area contributed by atoms with Gasteiger partial charge in [0.05, 0.1) is 6.61 Å². The third-order valence-corrected chi connectivity index (χ3v) is 4.60. The number of hydrogen-bond acceptors (Lipinski definition) is 3. The van der Waals surface area contributed by atoms with Gasteiger partial charge in [0.1, 0.15) is 11.5 Å². The highest BCUT2D eigenvalue weighted by atomic mass is 16.5. The predicted molar refractivity (Wildman–Crippen MR) is 110 cm³/mol. The van der Waals surface area contributed by atoms with Crippen LogP contribution in [-0.2, 0) is 11.2 Å². The lowest BCUT2D eigenvalue weighted by molar-refractivity contribution is -0.128. The fourth-order valence-corrected chi connectivity index (χ4v) is 2.81. The second-order valence-corrected chi connectivity index (χ2v) is 6.73. The van der Waals surface area contributed by atoms with Crippen molar-refractivity contribution in [3.8, 4) is 11.5 Å². The Balaban J connectivity index is 1.76. The van der Waals surface area contributed by atoms with Crippen molar-refractivity contribution in [2.75, 3.05) is 13.2 Å². The summed E-state index contributed by atoms with van der Waals surface area (Å²) in [5.41, 5.74) is 3.62. The maximum absolute atomic E-state index is 12.4. The summed E-state index contributed by atoms with van der Waals surface area (Å²) in [6.45, 7) is 9.36. The van der Waals surface area contributed by atoms with Crippen molar-refractivity contribution >= 4 is 5.91 Å². The minimum atomic E-state index is -0.461. The average molecular weight is 370 g/mol. The summed E-state index contributed by atoms with van der Waals surface area (Å²) in [4.78, 5) is 12.4. The van der Waals surface area contributed by atoms with E-state index in [9.17, 15) is 4.79 Å². The average Bonchev–Trinajstić information content (AvgIpc) is 2.67. The molecule has 2 aromatic carbocycles. The Kier molecular flexibility index (Phi) is 8.18. The fraction of sp³-hybridized carbons (Fsp3) is 0.435. The molecule has 0 saturated heterocycles. The Hall–Kier alpha value is -2.49. The van der Waals surface area contributed by atoms with Crippen LogP contribution in [0.3, 0.4) is 0 Å². The van der Waals surface area contributed by atoms with Crippen molar-refractivity contribution in [2.24, 2.45) is 0 Å². The molecule has 1 unspecified atom stereocenters. The van der Waals surface area contributed by atoms with Crippen LogP contribution in [0.15, 0.2) is 42.5 Å². The van der Waals surface area contributed by atoms with Gasteiger partial charge in [-0.3, -0.25) is 4.79 Å². The van der Waals surface area contributed by atoms with Crippen LogP contribution in [0.4, 0.5) is 0 Å². The minimum absolute atomic E-state index is 0.0533. The van der Waals surface area contributed by atoms with Crippen LogP contribution in [0.25, 0.3) is 0 Å². The zero-order chi connectivity index (χ0) is 19.6. The van der Waals surface area contributed by atoms with Crippen molar-refractivity contribution in [3.05, 3.63) is 59.2 Å². The van der Waals surface area contributed by atoms with E-state index in [0.29, 0.717) is 19.6 Å². The Morgan fingerprint density at radius 2 is 1.70 bits per heavy atom. The Morgan fingerprint density at radius 3 is 2.33 bits per heavy atom. The van der Waals surface area contributed by atoms with Crippen molar-refractivity contribution < 1.29 is 14.3 Å². The molecule has 146 valence electrons. The molecule has 0 heterocycles. The molecule has 1 N–H and O–H groups in total. The van der Waals surface area contributed by atoms with Gasteiger partial charge >= 0.3 is 0 Å². The van der Waals surface area contributed by atoms with E-state index in [1.54, 1.807) is 0 Å². The van der Waals surface area contributed by atoms with Gasteiger partial charge < -0.3 is 14.8 Å². The minimum Gasteiger partial charge on any atom is -0.494 e. The smallest absolute Gasteiger partial charge is 0.261 e. The molecule has 0 aliphatic heterocycles. The quantitative estimate of drug-likeness (QED) is 0.622. The molecule has 0 aliphatic carbocycles. The number of benzene rings is 2. The summed E-state index contributed by atoms with van der Waals surface area (Å²) < 4.78 is 11.3. The largest absolute Gasteiger partial charge is 0.494 e. The molecule has 4 nitrogen and oxygen atoms in total. The van der Waals surface area contributed by atoms with Crippen molar-refractivity contribution in [3.63, 3.8) is 0 Å². The summed E-state index contributed by atoms with van der Waals surface area (Å²) in [5.74, 6) is 1.58. The molecule has 27 heavy (non-hydrogen) atoms. The molecule has 0 bridgehead atoms. The second kappa shape index (κ2) is 10.6. The third-order valence-electron chi connectivity index (χ3n) is 4.60. The molecule has 0 fully saturated rings. The van der Waals surface area contributed by atoms with E-state index in [4.69, 9.17) is 9.47 Å². The van der Waals surface area contributed by atoms with E-state index < -0.39 is 6.10 Å². The number of hydrogen-bond donors (Lipinski definition) is 1. The monoisotopic (exact) mass is 369 g/mol. The number of ether oxygens (including phenoxy) is 2. The first kappa shape index (κ1) is 20.8. The molecule has 2 aromatic rings. The van der Waals surface area contributed by atoms with Crippen LogP contribution in [0.1, 0.15) is 43.4 Å². The zero-order valence-corrected chi connectivity index (χ0v) is 16.9. The van der Waals surface area contributed by atoms with Gasteiger partial charge in [-0.05, 0) is 81.0 Å². The maximum Gasteiger partial charge on any atom is 0.261 e. The molecule has 0 radical (unpaired) electrons. The second-order valence-electron chi connectivity index (χ2n) is 6.73. The van der Waals surface area contributed by atoms with Gasteiger partial charge in [-0.25, -0.2) is 0 Å². The van der Waals surface area contributed by atoms with Gasteiger partial charge in [0, 0.05) is 6.54 Å². The number of aryl methyl sites for hydroxylation is 3. The molecule has 0 saturated carbocycles. The van der Waals surface area contributed by atoms with E-state index in [0.717, 1.165) is 29.9 Å². The first-order valence-electron chi connectivity index (χ1n) is 9.76. The fourth-order valence-electron chi connectivity index (χ4n) is 2.81. The third kappa shape index (κ3) is 6.63. The summed E-state index contributed by atoms with van der Waals surface area (Å²) >= 11 is 0. The molecule has 0 aliphatic rings. The molecule has 1 amide bonds. The summed E-state index contributed by atoms with van der Waals surface area (Å²) in [5, 5.41) is 2.99. The number of carbonyl (C=O) groups is 1. The van der Waals surface area contributed by atoms with E-state index >= 15 is 0 Å². The summed E-state index contributed by atoms with van der Waals surface area (Å²) in [6, 6.07) is 14.0. The van der Waals surface area contributed by atoms with Crippen LogP contribution in [-0.4, -0.2) is 25.2 Å². The molecular weight excluding hydrogens is 338 g/mol. The number of nitrogens with one attached hydrogen (secondary N) is 1. The highest BCUT2D eigenvalue weighted by Gasteiger charge is 2.18. The number of amides is 1. The van der Waals surface area contributed by atoms with Crippen molar-refractivity contribution in [2.45, 2.75) is 53.1 Å². The number of rotatable bonds is 10. The van der Waals surface area contributed by atoms with E-state index in [1.165, 1.54) is 11.1 Å². The SMILES string of the molecule is CCOc1ccc(CCCNC(=O)C(CC)Oc2ccc(C)c(C)c2)cc1. The van der Waals surface area contributed by atoms with Crippen LogP contribution >= 0.6 is 0 Å². The molecule has 1 atom stereocenters. The Labute approximate surface area is 162 Å². The van der Waals surface area contributed by atoms with Crippen LogP contribution < -0.4 is 14.8 Å². The lowest BCUT2D eigenvalue weighted by atomic mass is 10.1. The van der Waals surface area contributed by atoms with Gasteiger partial charge in [0.2, 0.25) is 0 Å². The van der Waals surface area contributed by atoms with Crippen LogP contribution in [0.5, 0.6) is 11.5 Å². The first-order valence-corrected chi connectivity index (χ1v) is 9.76. The van der Waals surface area contributed by atoms with E-state index in [2.05, 4.69) is 24.4 Å². The standard InChI is InChI=1S/C23H31NO3/c1-5-22(27-21-12-9-17(3)18(4)16-21)23(25)24-15-7-8-19-10-13-20(14-11-19)26-6-2/h9-14,16,22H,5-8,15H2,1-4H3,(H,24,25). The van der Waals surface area contributed by atoms with Gasteiger partial charge in [0.15, 0.2) is 6.10 Å². The van der Waals surface area contributed by atoms with Crippen molar-refractivity contribution in [1.29, 1.82) is 0 Å². The first-order chi connectivity index (χ1) is 13.0. The van der Waals surface area contributed by atoms with Crippen molar-refractivity contribution in [1.82, 2.24) is 5.32 Å². The molecule has 2 rings (SSSR count). The van der Waals surface area contributed by atoms with Gasteiger partial charge in [-0.15, -0.1) is 0 Å². The summed E-state index contributed by atoms with van der Waals surface area (Å²) in [6.07, 6.45) is 1.98. The predicted octanol–water partition coefficient (Wildman–Crippen LogP) is 4.61. The van der Waals surface area contributed by atoms with Crippen LogP contribution in [0, 0.1) is 13.8 Å². The van der Waals surface area contributed by atoms with Gasteiger partial charge in [-0.1, -0.05) is 25.1 Å². The van der Waals surface area contributed by atoms with Gasteiger partial charge in [-0.2, -0.15) is 0 Å². The van der Waals surface area contributed by atoms with Crippen LogP contribution in [0.2, 0.25) is 0 Å². The highest BCUT2D eigenvalue weighted by molar-refractivity contribution is 5.81. The molecule has 0 spiro atoms. The molecular formula is C23H31NO3. The highest BCUT2D eigenvalue weighted by Crippen LogP contribution is 2.18. The topological polar surface area (TPSA) is 47.6 Å². The summed E-state index contributed by atoms with van der Waals surface area (Å²) in [7, 11) is 0. The lowest BCUT2D eigenvalue weighted by Crippen LogP contribution is -2.38. The van der Waals surface area contributed by atoms with Gasteiger partial charge in [0.25, 0.3) is 5.91 Å². The normalized spacial score (nSPS) is 11.7. The Bertz CT molecular complexity index is 725. The number of carbonyl (C=O) groups excluding carboxylic acids is 1. The lowest BCUT2D eigenvalue weighted by Gasteiger charge is -2.18. The van der Waals surface area contributed by atoms with E-state index in [-0.39, 0.29) is 5.91 Å². The molecule has 4 heteroatoms. The maximum atomic E-state index is 12.4. The Morgan fingerprint density at radius 1 is 1.00 bits per heavy atom. The molecule has 0 aromatic heterocycles. The van der Waals surface area contributed by atoms with E-state index in [1.807, 2.05) is 51.1 Å².